The number of nitrogens with zero attached hydrogens (tertiary/aromatic N) is 2. The highest BCUT2D eigenvalue weighted by Crippen LogP contribution is 2.39. The Morgan fingerprint density at radius 1 is 1.38 bits per heavy atom. The number of thiazole rings is 1. The molecule has 6 nitrogen and oxygen atoms in total. The highest BCUT2D eigenvalue weighted by atomic mass is 32.1. The minimum atomic E-state index is -0.770. The maximum atomic E-state index is 11.2. The van der Waals surface area contributed by atoms with Gasteiger partial charge in [0.05, 0.1) is 12.3 Å². The predicted octanol–water partition coefficient (Wildman–Crippen LogP) is 1.75. The van der Waals surface area contributed by atoms with Crippen LogP contribution in [0.25, 0.3) is 0 Å². The van der Waals surface area contributed by atoms with E-state index in [2.05, 4.69) is 9.88 Å². The summed E-state index contributed by atoms with van der Waals surface area (Å²) in [6.07, 6.45) is 2.40. The smallest absolute Gasteiger partial charge is 0.312 e. The fourth-order valence-electron chi connectivity index (χ4n) is 2.49. The summed E-state index contributed by atoms with van der Waals surface area (Å²) < 4.78 is 10.2. The third-order valence-electron chi connectivity index (χ3n) is 3.62. The van der Waals surface area contributed by atoms with Crippen LogP contribution in [0.15, 0.2) is 0 Å². The number of aryl methyl sites for hydroxylation is 1. The molecule has 1 heterocycles. The van der Waals surface area contributed by atoms with E-state index < -0.39 is 11.9 Å². The molecule has 1 aromatic heterocycles. The van der Waals surface area contributed by atoms with Crippen LogP contribution in [0, 0.1) is 0 Å². The molecule has 1 aromatic rings. The molecule has 1 N–H and O–H groups in total. The van der Waals surface area contributed by atoms with Crippen molar-refractivity contribution in [3.63, 3.8) is 0 Å². The van der Waals surface area contributed by atoms with Gasteiger partial charge in [0.15, 0.2) is 5.13 Å². The molecule has 1 unspecified atom stereocenters. The Kier molecular flexibility index (Phi) is 5.96. The molecule has 21 heavy (non-hydrogen) atoms. The van der Waals surface area contributed by atoms with E-state index in [1.807, 2.05) is 0 Å². The van der Waals surface area contributed by atoms with Crippen molar-refractivity contribution in [2.75, 3.05) is 45.4 Å². The van der Waals surface area contributed by atoms with Gasteiger partial charge in [-0.15, -0.1) is 11.3 Å². The van der Waals surface area contributed by atoms with E-state index in [0.717, 1.165) is 41.6 Å². The van der Waals surface area contributed by atoms with Crippen molar-refractivity contribution < 1.29 is 19.4 Å². The zero-order chi connectivity index (χ0) is 15.2. The maximum absolute atomic E-state index is 11.2. The molecule has 0 radical (unpaired) electrons. The lowest BCUT2D eigenvalue weighted by Crippen LogP contribution is -2.29. The molecule has 2 rings (SSSR count). The lowest BCUT2D eigenvalue weighted by atomic mass is 10.1. The summed E-state index contributed by atoms with van der Waals surface area (Å²) in [4.78, 5) is 19.1. The molecule has 0 amide bonds. The average molecular weight is 314 g/mol. The van der Waals surface area contributed by atoms with Gasteiger partial charge in [0.1, 0.15) is 5.92 Å². The third kappa shape index (κ3) is 3.93. The van der Waals surface area contributed by atoms with Crippen LogP contribution in [-0.4, -0.2) is 56.6 Å². The monoisotopic (exact) mass is 314 g/mol. The van der Waals surface area contributed by atoms with E-state index in [9.17, 15) is 9.90 Å². The first-order valence-electron chi connectivity index (χ1n) is 7.12. The van der Waals surface area contributed by atoms with Gasteiger partial charge in [0.2, 0.25) is 0 Å². The van der Waals surface area contributed by atoms with Gasteiger partial charge < -0.3 is 19.5 Å². The van der Waals surface area contributed by atoms with Crippen molar-refractivity contribution in [2.24, 2.45) is 0 Å². The highest BCUT2D eigenvalue weighted by Gasteiger charge is 2.33. The van der Waals surface area contributed by atoms with Crippen LogP contribution in [0.3, 0.4) is 0 Å². The van der Waals surface area contributed by atoms with Crippen molar-refractivity contribution in [1.29, 1.82) is 0 Å². The Morgan fingerprint density at radius 3 is 2.81 bits per heavy atom. The molecule has 0 bridgehead atoms. The van der Waals surface area contributed by atoms with Crippen molar-refractivity contribution in [1.82, 2.24) is 4.98 Å². The number of fused-ring (bicyclic) bond motifs is 1. The summed E-state index contributed by atoms with van der Waals surface area (Å²) in [5, 5.41) is 10.1. The number of carboxylic acid groups (broad SMARTS) is 1. The molecule has 0 aliphatic heterocycles. The first-order valence-corrected chi connectivity index (χ1v) is 7.94. The predicted molar refractivity (Wildman–Crippen MR) is 81.4 cm³/mol. The molecule has 1 atom stereocenters. The van der Waals surface area contributed by atoms with Crippen LogP contribution >= 0.6 is 11.3 Å². The summed E-state index contributed by atoms with van der Waals surface area (Å²) in [6.45, 7) is 2.91. The lowest BCUT2D eigenvalue weighted by molar-refractivity contribution is -0.138. The Balaban J connectivity index is 2.09. The summed E-state index contributed by atoms with van der Waals surface area (Å²) in [5.74, 6) is -1.21. The second kappa shape index (κ2) is 7.72. The summed E-state index contributed by atoms with van der Waals surface area (Å²) in [7, 11) is 3.37. The van der Waals surface area contributed by atoms with Crippen LogP contribution in [-0.2, 0) is 20.7 Å². The molecule has 0 saturated carbocycles. The van der Waals surface area contributed by atoms with Gasteiger partial charge in [-0.3, -0.25) is 4.79 Å². The number of carboxylic acids is 1. The Bertz CT molecular complexity index is 478. The minimum absolute atomic E-state index is 0.437. The van der Waals surface area contributed by atoms with E-state index >= 15 is 0 Å². The van der Waals surface area contributed by atoms with Crippen molar-refractivity contribution in [3.05, 3.63) is 10.6 Å². The summed E-state index contributed by atoms with van der Waals surface area (Å²) in [5.41, 5.74) is 0.761. The number of aliphatic carboxylic acids is 1. The lowest BCUT2D eigenvalue weighted by Gasteiger charge is -2.21. The van der Waals surface area contributed by atoms with Gasteiger partial charge >= 0.3 is 5.97 Å². The van der Waals surface area contributed by atoms with Gasteiger partial charge in [0, 0.05) is 38.8 Å². The number of rotatable bonds is 9. The molecular formula is C14H22N2O4S. The maximum Gasteiger partial charge on any atom is 0.312 e. The second-order valence-electron chi connectivity index (χ2n) is 5.06. The minimum Gasteiger partial charge on any atom is -0.481 e. The van der Waals surface area contributed by atoms with E-state index in [1.165, 1.54) is 0 Å². The molecule has 0 spiro atoms. The summed E-state index contributed by atoms with van der Waals surface area (Å²) >= 11 is 1.61. The molecule has 118 valence electrons. The molecule has 1 aliphatic carbocycles. The van der Waals surface area contributed by atoms with Crippen LogP contribution in [0.1, 0.15) is 29.3 Å². The van der Waals surface area contributed by atoms with Crippen molar-refractivity contribution in [3.8, 4) is 0 Å². The van der Waals surface area contributed by atoms with E-state index in [0.29, 0.717) is 19.6 Å². The number of ether oxygens (including phenoxy) is 2. The number of carbonyl (C=O) groups is 1. The van der Waals surface area contributed by atoms with Crippen LogP contribution in [0.2, 0.25) is 0 Å². The van der Waals surface area contributed by atoms with Gasteiger partial charge in [-0.1, -0.05) is 0 Å². The highest BCUT2D eigenvalue weighted by molar-refractivity contribution is 7.15. The normalized spacial score (nSPS) is 17.0. The SMILES string of the molecule is COCCCN(CCOC)c1nc2c(s1)CCC2C(=O)O. The van der Waals surface area contributed by atoms with Crippen molar-refractivity contribution in [2.45, 2.75) is 25.2 Å². The average Bonchev–Trinajstić information content (AvgIpc) is 3.02. The number of aromatic nitrogens is 1. The van der Waals surface area contributed by atoms with Crippen LogP contribution in [0.4, 0.5) is 5.13 Å². The Morgan fingerprint density at radius 2 is 2.14 bits per heavy atom. The quantitative estimate of drug-likeness (QED) is 0.700. The fraction of sp³-hybridized carbons (Fsp3) is 0.714. The Labute approximate surface area is 128 Å². The van der Waals surface area contributed by atoms with Crippen LogP contribution in [0.5, 0.6) is 0 Å². The molecule has 0 aromatic carbocycles. The first-order chi connectivity index (χ1) is 10.2. The standard InChI is InChI=1S/C14H22N2O4S/c1-19-8-3-6-16(7-9-20-2)14-15-12-10(13(17)18)4-5-11(12)21-14/h10H,3-9H2,1-2H3,(H,17,18). The van der Waals surface area contributed by atoms with E-state index in [-0.39, 0.29) is 0 Å². The van der Waals surface area contributed by atoms with Gasteiger partial charge in [-0.05, 0) is 19.3 Å². The first kappa shape index (κ1) is 16.2. The van der Waals surface area contributed by atoms with Crippen LogP contribution < -0.4 is 4.90 Å². The van der Waals surface area contributed by atoms with Gasteiger partial charge in [-0.25, -0.2) is 4.98 Å². The molecule has 7 heteroatoms. The Hall–Kier alpha value is -1.18. The number of anilines is 1. The zero-order valence-corrected chi connectivity index (χ0v) is 13.3. The molecular weight excluding hydrogens is 292 g/mol. The van der Waals surface area contributed by atoms with E-state index in [1.54, 1.807) is 25.6 Å². The molecule has 0 fully saturated rings. The zero-order valence-electron chi connectivity index (χ0n) is 12.5. The second-order valence-corrected chi connectivity index (χ2v) is 6.12. The fourth-order valence-corrected chi connectivity index (χ4v) is 3.68. The molecule has 1 aliphatic rings. The van der Waals surface area contributed by atoms with E-state index in [4.69, 9.17) is 9.47 Å². The van der Waals surface area contributed by atoms with Gasteiger partial charge in [0.25, 0.3) is 0 Å². The van der Waals surface area contributed by atoms with Crippen molar-refractivity contribution >= 4 is 22.4 Å². The topological polar surface area (TPSA) is 71.9 Å². The third-order valence-corrected chi connectivity index (χ3v) is 4.81. The largest absolute Gasteiger partial charge is 0.481 e. The number of hydrogen-bond acceptors (Lipinski definition) is 6. The molecule has 0 saturated heterocycles. The summed E-state index contributed by atoms with van der Waals surface area (Å²) in [6, 6.07) is 0. The number of methoxy groups -OCH3 is 2. The van der Waals surface area contributed by atoms with Gasteiger partial charge in [-0.2, -0.15) is 0 Å². The number of hydrogen-bond donors (Lipinski definition) is 1.